The molecule has 0 aliphatic carbocycles. The number of ether oxygens (including phenoxy) is 2. The van der Waals surface area contributed by atoms with Crippen LogP contribution in [0, 0.1) is 5.92 Å². The van der Waals surface area contributed by atoms with Crippen molar-refractivity contribution in [3.8, 4) is 11.5 Å². The summed E-state index contributed by atoms with van der Waals surface area (Å²) in [6.07, 6.45) is -0.916. The Morgan fingerprint density at radius 2 is 1.74 bits per heavy atom. The summed E-state index contributed by atoms with van der Waals surface area (Å²) in [5.74, 6) is 2.06. The Hall–Kier alpha value is -3.27. The van der Waals surface area contributed by atoms with Crippen LogP contribution in [0.15, 0.2) is 33.9 Å². The van der Waals surface area contributed by atoms with E-state index in [1.807, 2.05) is 13.8 Å². The predicted molar refractivity (Wildman–Crippen MR) is 118 cm³/mol. The van der Waals surface area contributed by atoms with Crippen molar-refractivity contribution in [2.75, 3.05) is 25.6 Å². The minimum absolute atomic E-state index is 0.0156. The summed E-state index contributed by atoms with van der Waals surface area (Å²) in [6, 6.07) is 7.03. The van der Waals surface area contributed by atoms with Crippen LogP contribution in [-0.4, -0.2) is 50.2 Å². The molecule has 0 saturated heterocycles. The summed E-state index contributed by atoms with van der Waals surface area (Å²) in [7, 11) is 4.57. The van der Waals surface area contributed by atoms with E-state index < -0.39 is 17.4 Å². The molecule has 0 spiro atoms. The fraction of sp³-hybridized carbons (Fsp3) is 0.476. The van der Waals surface area contributed by atoms with E-state index in [9.17, 15) is 14.7 Å². The minimum Gasteiger partial charge on any atom is -0.497 e. The van der Waals surface area contributed by atoms with Gasteiger partial charge in [0.05, 0.1) is 13.7 Å². The molecular weight excluding hydrogens is 402 g/mol. The van der Waals surface area contributed by atoms with Crippen LogP contribution < -0.4 is 26.0 Å². The second-order valence-electron chi connectivity index (χ2n) is 7.84. The van der Waals surface area contributed by atoms with Crippen molar-refractivity contribution in [1.29, 1.82) is 0 Å². The Morgan fingerprint density at radius 3 is 2.35 bits per heavy atom. The highest BCUT2D eigenvalue weighted by atomic mass is 16.5. The number of benzene rings is 1. The van der Waals surface area contributed by atoms with Gasteiger partial charge in [-0.25, -0.2) is 4.79 Å². The second kappa shape index (κ2) is 9.25. The van der Waals surface area contributed by atoms with E-state index in [2.05, 4.69) is 10.3 Å². The average molecular weight is 431 g/mol. The molecule has 2 heterocycles. The van der Waals surface area contributed by atoms with Gasteiger partial charge in [0, 0.05) is 20.6 Å². The maximum absolute atomic E-state index is 12.8. The van der Waals surface area contributed by atoms with Crippen molar-refractivity contribution >= 4 is 17.1 Å². The van der Waals surface area contributed by atoms with Gasteiger partial charge in [-0.05, 0) is 30.2 Å². The van der Waals surface area contributed by atoms with Crippen LogP contribution >= 0.6 is 0 Å². The first kappa shape index (κ1) is 22.4. The van der Waals surface area contributed by atoms with Crippen LogP contribution in [0.5, 0.6) is 11.5 Å². The smallest absolute Gasteiger partial charge is 0.332 e. The Kier molecular flexibility index (Phi) is 6.69. The first-order chi connectivity index (χ1) is 14.7. The van der Waals surface area contributed by atoms with Gasteiger partial charge >= 0.3 is 5.69 Å². The molecule has 10 heteroatoms. The lowest BCUT2D eigenvalue weighted by Crippen LogP contribution is -2.38. The molecule has 0 aliphatic heterocycles. The lowest BCUT2D eigenvalue weighted by atomic mass is 10.2. The second-order valence-corrected chi connectivity index (χ2v) is 7.84. The third-order valence-corrected chi connectivity index (χ3v) is 4.91. The highest BCUT2D eigenvalue weighted by Crippen LogP contribution is 2.19. The number of rotatable bonds is 9. The van der Waals surface area contributed by atoms with Crippen molar-refractivity contribution in [2.45, 2.75) is 26.5 Å². The molecule has 2 aromatic heterocycles. The van der Waals surface area contributed by atoms with Gasteiger partial charge in [0.15, 0.2) is 11.2 Å². The van der Waals surface area contributed by atoms with Gasteiger partial charge in [-0.2, -0.15) is 4.98 Å². The number of methoxy groups -OCH3 is 1. The molecule has 3 aromatic rings. The van der Waals surface area contributed by atoms with E-state index in [0.29, 0.717) is 29.9 Å². The van der Waals surface area contributed by atoms with Gasteiger partial charge in [-0.3, -0.25) is 13.9 Å². The number of hydrogen-bond acceptors (Lipinski definition) is 7. The quantitative estimate of drug-likeness (QED) is 0.519. The van der Waals surface area contributed by atoms with E-state index in [4.69, 9.17) is 9.47 Å². The van der Waals surface area contributed by atoms with Crippen molar-refractivity contribution in [2.24, 2.45) is 20.0 Å². The van der Waals surface area contributed by atoms with E-state index in [0.717, 1.165) is 4.57 Å². The van der Waals surface area contributed by atoms with Crippen molar-refractivity contribution in [3.05, 3.63) is 45.1 Å². The monoisotopic (exact) mass is 431 g/mol. The van der Waals surface area contributed by atoms with Gasteiger partial charge in [-0.15, -0.1) is 0 Å². The van der Waals surface area contributed by atoms with E-state index in [-0.39, 0.29) is 24.3 Å². The fourth-order valence-electron chi connectivity index (χ4n) is 3.18. The molecule has 0 aliphatic rings. The Morgan fingerprint density at radius 1 is 1.10 bits per heavy atom. The van der Waals surface area contributed by atoms with Gasteiger partial charge in [0.2, 0.25) is 5.95 Å². The standard InChI is InChI=1S/C21H29N5O5/c1-13(2)10-22-20-23-18-17(19(28)25(4)21(29)24(18)3)26(20)11-14(27)12-31-16-8-6-15(30-5)7-9-16/h6-9,13-14,27H,10-12H2,1-5H3,(H,22,23)/t14-/m0/s1. The summed E-state index contributed by atoms with van der Waals surface area (Å²) < 4.78 is 14.8. The number of nitrogens with one attached hydrogen (secondary N) is 1. The van der Waals surface area contributed by atoms with Crippen LogP contribution in [0.2, 0.25) is 0 Å². The number of fused-ring (bicyclic) bond motifs is 1. The maximum atomic E-state index is 12.8. The van der Waals surface area contributed by atoms with Gasteiger partial charge in [0.1, 0.15) is 24.2 Å². The number of anilines is 1. The van der Waals surface area contributed by atoms with Gasteiger partial charge in [0.25, 0.3) is 5.56 Å². The Balaban J connectivity index is 1.90. The van der Waals surface area contributed by atoms with Crippen LogP contribution in [0.25, 0.3) is 11.2 Å². The van der Waals surface area contributed by atoms with Crippen LogP contribution in [0.4, 0.5) is 5.95 Å². The summed E-state index contributed by atoms with van der Waals surface area (Å²) in [6.45, 7) is 4.80. The minimum atomic E-state index is -0.916. The molecule has 0 unspecified atom stereocenters. The summed E-state index contributed by atoms with van der Waals surface area (Å²) >= 11 is 0. The normalized spacial score (nSPS) is 12.4. The summed E-state index contributed by atoms with van der Waals surface area (Å²) in [4.78, 5) is 29.6. The first-order valence-electron chi connectivity index (χ1n) is 10.1. The van der Waals surface area contributed by atoms with Crippen molar-refractivity contribution in [3.63, 3.8) is 0 Å². The molecule has 10 nitrogen and oxygen atoms in total. The van der Waals surface area contributed by atoms with Crippen molar-refractivity contribution in [1.82, 2.24) is 18.7 Å². The molecule has 2 N–H and O–H groups in total. The summed E-state index contributed by atoms with van der Waals surface area (Å²) in [5, 5.41) is 13.8. The molecule has 0 saturated carbocycles. The molecule has 1 atom stereocenters. The van der Waals surface area contributed by atoms with E-state index in [1.165, 1.54) is 11.6 Å². The molecule has 31 heavy (non-hydrogen) atoms. The molecular formula is C21H29N5O5. The zero-order valence-corrected chi connectivity index (χ0v) is 18.5. The number of aliphatic hydroxyl groups excluding tert-OH is 1. The lowest BCUT2D eigenvalue weighted by molar-refractivity contribution is 0.0938. The highest BCUT2D eigenvalue weighted by molar-refractivity contribution is 5.74. The number of aryl methyl sites for hydroxylation is 1. The molecule has 1 aromatic carbocycles. The number of imidazole rings is 1. The molecule has 0 radical (unpaired) electrons. The fourth-order valence-corrected chi connectivity index (χ4v) is 3.18. The van der Waals surface area contributed by atoms with Crippen molar-refractivity contribution < 1.29 is 14.6 Å². The van der Waals surface area contributed by atoms with Crippen LogP contribution in [0.1, 0.15) is 13.8 Å². The third-order valence-electron chi connectivity index (χ3n) is 4.91. The number of aromatic nitrogens is 4. The lowest BCUT2D eigenvalue weighted by Gasteiger charge is -2.16. The van der Waals surface area contributed by atoms with Gasteiger partial charge < -0.3 is 24.5 Å². The van der Waals surface area contributed by atoms with Crippen LogP contribution in [-0.2, 0) is 20.6 Å². The van der Waals surface area contributed by atoms with Gasteiger partial charge in [-0.1, -0.05) is 13.8 Å². The number of nitrogens with zero attached hydrogens (tertiary/aromatic N) is 4. The van der Waals surface area contributed by atoms with E-state index in [1.54, 1.807) is 43.0 Å². The molecule has 3 rings (SSSR count). The molecule has 168 valence electrons. The zero-order valence-electron chi connectivity index (χ0n) is 18.5. The topological polar surface area (TPSA) is 113 Å². The molecule has 0 bridgehead atoms. The number of aliphatic hydroxyl groups is 1. The molecule has 0 amide bonds. The average Bonchev–Trinajstić information content (AvgIpc) is 3.11. The van der Waals surface area contributed by atoms with E-state index >= 15 is 0 Å². The predicted octanol–water partition coefficient (Wildman–Crippen LogP) is 0.950. The zero-order chi connectivity index (χ0) is 22.7. The first-order valence-corrected chi connectivity index (χ1v) is 10.1. The Labute approximate surface area is 179 Å². The SMILES string of the molecule is COc1ccc(OC[C@@H](O)Cn2c(NCC(C)C)nc3c2c(=O)n(C)c(=O)n3C)cc1. The Bertz CT molecular complexity index is 1160. The largest absolute Gasteiger partial charge is 0.497 e. The third kappa shape index (κ3) is 4.74. The maximum Gasteiger partial charge on any atom is 0.332 e. The summed E-state index contributed by atoms with van der Waals surface area (Å²) in [5.41, 5.74) is -0.408. The highest BCUT2D eigenvalue weighted by Gasteiger charge is 2.21. The number of hydrogen-bond donors (Lipinski definition) is 2. The van der Waals surface area contributed by atoms with Crippen LogP contribution in [0.3, 0.4) is 0 Å². The molecule has 0 fully saturated rings.